The van der Waals surface area contributed by atoms with Gasteiger partial charge in [-0.3, -0.25) is 14.2 Å². The van der Waals surface area contributed by atoms with Crippen LogP contribution in [-0.2, 0) is 11.3 Å². The molecule has 4 aromatic heterocycles. The maximum atomic E-state index is 13.1. The zero-order valence-electron chi connectivity index (χ0n) is 15.6. The Balaban J connectivity index is 1.40. The van der Waals surface area contributed by atoms with E-state index in [0.29, 0.717) is 15.9 Å². The quantitative estimate of drug-likeness (QED) is 0.382. The number of amides is 1. The number of nitrogens with zero attached hydrogens (tertiary/aromatic N) is 2. The van der Waals surface area contributed by atoms with Gasteiger partial charge in [-0.05, 0) is 51.5 Å². The number of anilines is 1. The molecule has 5 rings (SSSR count). The molecule has 30 heavy (non-hydrogen) atoms. The minimum absolute atomic E-state index is 0.0931. The average Bonchev–Trinajstić information content (AvgIpc) is 3.51. The topological polar surface area (TPSA) is 64.0 Å². The molecule has 8 heteroatoms. The first kappa shape index (κ1) is 18.9. The number of benzene rings is 1. The molecular weight excluding hydrogens is 434 g/mol. The van der Waals surface area contributed by atoms with E-state index in [0.717, 1.165) is 21.6 Å². The molecule has 0 unspecified atom stereocenters. The summed E-state index contributed by atoms with van der Waals surface area (Å²) in [5.41, 5.74) is 3.52. The van der Waals surface area contributed by atoms with Crippen LogP contribution >= 0.6 is 34.0 Å². The van der Waals surface area contributed by atoms with E-state index in [1.165, 1.54) is 22.2 Å². The molecule has 0 aliphatic carbocycles. The fourth-order valence-electron chi connectivity index (χ4n) is 3.25. The zero-order valence-corrected chi connectivity index (χ0v) is 18.0. The molecule has 0 aliphatic rings. The normalized spacial score (nSPS) is 11.1. The number of rotatable bonds is 5. The molecule has 0 fully saturated rings. The Bertz CT molecular complexity index is 1380. The van der Waals surface area contributed by atoms with E-state index in [2.05, 4.69) is 15.7 Å². The largest absolute Gasteiger partial charge is 0.325 e. The number of nitrogens with one attached hydrogen (secondary N) is 1. The number of carbonyl (C=O) groups excluding carboxylic acids is 1. The van der Waals surface area contributed by atoms with Gasteiger partial charge in [-0.25, -0.2) is 4.98 Å². The first-order valence-electron chi connectivity index (χ1n) is 9.12. The summed E-state index contributed by atoms with van der Waals surface area (Å²) in [5.74, 6) is -0.270. The van der Waals surface area contributed by atoms with Crippen molar-refractivity contribution in [2.75, 3.05) is 5.32 Å². The lowest BCUT2D eigenvalue weighted by Gasteiger charge is -2.09. The highest BCUT2D eigenvalue weighted by atomic mass is 32.1. The first-order valence-corrected chi connectivity index (χ1v) is 11.8. The maximum absolute atomic E-state index is 13.1. The summed E-state index contributed by atoms with van der Waals surface area (Å²) >= 11 is 4.65. The first-order chi connectivity index (χ1) is 14.7. The highest BCUT2D eigenvalue weighted by molar-refractivity contribution is 7.18. The number of carbonyl (C=O) groups is 1. The molecule has 0 aliphatic heterocycles. The Labute approximate surface area is 183 Å². The lowest BCUT2D eigenvalue weighted by molar-refractivity contribution is -0.116. The van der Waals surface area contributed by atoms with Crippen molar-refractivity contribution in [3.05, 3.63) is 80.7 Å². The summed E-state index contributed by atoms with van der Waals surface area (Å²) < 4.78 is 1.37. The van der Waals surface area contributed by atoms with E-state index in [1.54, 1.807) is 22.7 Å². The van der Waals surface area contributed by atoms with Crippen molar-refractivity contribution in [1.29, 1.82) is 0 Å². The van der Waals surface area contributed by atoms with Crippen LogP contribution in [0.1, 0.15) is 0 Å². The van der Waals surface area contributed by atoms with Crippen LogP contribution in [-0.4, -0.2) is 15.5 Å². The SMILES string of the molecule is O=C(Cn1cnc2scc(-c3cccs3)c2c1=O)Nc1cccc(-c2ccsc2)c1. The van der Waals surface area contributed by atoms with E-state index in [-0.39, 0.29) is 18.0 Å². The Hall–Kier alpha value is -3.07. The van der Waals surface area contributed by atoms with E-state index < -0.39 is 0 Å². The van der Waals surface area contributed by atoms with Crippen molar-refractivity contribution < 1.29 is 4.79 Å². The predicted molar refractivity (Wildman–Crippen MR) is 126 cm³/mol. The second kappa shape index (κ2) is 7.98. The highest BCUT2D eigenvalue weighted by Crippen LogP contribution is 2.33. The number of hydrogen-bond acceptors (Lipinski definition) is 6. The molecule has 148 valence electrons. The van der Waals surface area contributed by atoms with Crippen LogP contribution in [0.5, 0.6) is 0 Å². The van der Waals surface area contributed by atoms with Crippen LogP contribution in [0.3, 0.4) is 0 Å². The van der Waals surface area contributed by atoms with Gasteiger partial charge in [-0.15, -0.1) is 22.7 Å². The molecule has 5 nitrogen and oxygen atoms in total. The molecule has 5 aromatic rings. The van der Waals surface area contributed by atoms with Crippen molar-refractivity contribution in [3.63, 3.8) is 0 Å². The lowest BCUT2D eigenvalue weighted by atomic mass is 10.1. The van der Waals surface area contributed by atoms with Crippen molar-refractivity contribution >= 4 is 55.8 Å². The van der Waals surface area contributed by atoms with Crippen LogP contribution in [0.25, 0.3) is 31.8 Å². The van der Waals surface area contributed by atoms with Crippen molar-refractivity contribution in [1.82, 2.24) is 9.55 Å². The second-order valence-corrected chi connectivity index (χ2v) is 9.21. The Morgan fingerprint density at radius 1 is 1.03 bits per heavy atom. The van der Waals surface area contributed by atoms with Crippen molar-refractivity contribution in [2.45, 2.75) is 6.54 Å². The molecule has 4 heterocycles. The monoisotopic (exact) mass is 449 g/mol. The fraction of sp³-hybridized carbons (Fsp3) is 0.0455. The molecule has 0 spiro atoms. The second-order valence-electron chi connectivity index (χ2n) is 6.63. The third kappa shape index (κ3) is 3.60. The van der Waals surface area contributed by atoms with Gasteiger partial charge in [0.2, 0.25) is 5.91 Å². The summed E-state index contributed by atoms with van der Waals surface area (Å²) in [4.78, 5) is 31.8. The van der Waals surface area contributed by atoms with Crippen LogP contribution in [0.15, 0.2) is 75.1 Å². The van der Waals surface area contributed by atoms with Crippen LogP contribution in [0, 0.1) is 0 Å². The minimum atomic E-state index is -0.270. The lowest BCUT2D eigenvalue weighted by Crippen LogP contribution is -2.27. The molecule has 1 N–H and O–H groups in total. The number of thiophene rings is 3. The van der Waals surface area contributed by atoms with Crippen LogP contribution in [0.4, 0.5) is 5.69 Å². The zero-order chi connectivity index (χ0) is 20.5. The predicted octanol–water partition coefficient (Wildman–Crippen LogP) is 5.55. The van der Waals surface area contributed by atoms with E-state index in [4.69, 9.17) is 0 Å². The van der Waals surface area contributed by atoms with Crippen molar-refractivity contribution in [3.8, 4) is 21.6 Å². The van der Waals surface area contributed by atoms with Crippen molar-refractivity contribution in [2.24, 2.45) is 0 Å². The van der Waals surface area contributed by atoms with Crippen LogP contribution < -0.4 is 10.9 Å². The van der Waals surface area contributed by atoms with Gasteiger partial charge in [0.1, 0.15) is 11.4 Å². The molecule has 0 radical (unpaired) electrons. The van der Waals surface area contributed by atoms with E-state index in [9.17, 15) is 9.59 Å². The average molecular weight is 450 g/mol. The molecule has 0 saturated heterocycles. The van der Waals surface area contributed by atoms with Gasteiger partial charge in [0.05, 0.1) is 11.7 Å². The number of fused-ring (bicyclic) bond motifs is 1. The van der Waals surface area contributed by atoms with E-state index in [1.807, 2.05) is 58.6 Å². The third-order valence-electron chi connectivity index (χ3n) is 4.66. The number of hydrogen-bond donors (Lipinski definition) is 1. The minimum Gasteiger partial charge on any atom is -0.325 e. The van der Waals surface area contributed by atoms with Crippen LogP contribution in [0.2, 0.25) is 0 Å². The van der Waals surface area contributed by atoms with Gasteiger partial charge >= 0.3 is 0 Å². The van der Waals surface area contributed by atoms with Gasteiger partial charge in [0, 0.05) is 21.5 Å². The summed E-state index contributed by atoms with van der Waals surface area (Å²) in [6.45, 7) is -0.0931. The summed E-state index contributed by atoms with van der Waals surface area (Å²) in [6, 6.07) is 13.7. The Morgan fingerprint density at radius 3 is 2.77 bits per heavy atom. The summed E-state index contributed by atoms with van der Waals surface area (Å²) in [7, 11) is 0. The standard InChI is InChI=1S/C22H15N3O2S3/c26-19(24-16-4-1-3-14(9-16)15-6-8-28-11-15)10-25-13-23-21-20(22(25)27)17(12-30-21)18-5-2-7-29-18/h1-9,11-13H,10H2,(H,24,26). The maximum Gasteiger partial charge on any atom is 0.263 e. The van der Waals surface area contributed by atoms with Gasteiger partial charge < -0.3 is 5.32 Å². The number of aromatic nitrogens is 2. The van der Waals surface area contributed by atoms with Gasteiger partial charge in [0.25, 0.3) is 5.56 Å². The molecule has 1 aromatic carbocycles. The molecule has 1 amide bonds. The van der Waals surface area contributed by atoms with E-state index >= 15 is 0 Å². The fourth-order valence-corrected chi connectivity index (χ4v) is 5.64. The smallest absolute Gasteiger partial charge is 0.263 e. The summed E-state index contributed by atoms with van der Waals surface area (Å²) in [5, 5.41) is 11.5. The van der Waals surface area contributed by atoms with Gasteiger partial charge in [-0.1, -0.05) is 18.2 Å². The highest BCUT2D eigenvalue weighted by Gasteiger charge is 2.15. The van der Waals surface area contributed by atoms with Gasteiger partial charge in [-0.2, -0.15) is 11.3 Å². The Morgan fingerprint density at radius 2 is 1.97 bits per heavy atom. The molecule has 0 saturated carbocycles. The molecular formula is C22H15N3O2S3. The molecule has 0 atom stereocenters. The Kier molecular flexibility index (Phi) is 5.04. The summed E-state index contributed by atoms with van der Waals surface area (Å²) in [6.07, 6.45) is 1.45. The third-order valence-corrected chi connectivity index (χ3v) is 7.13. The molecule has 0 bridgehead atoms. The van der Waals surface area contributed by atoms with Gasteiger partial charge in [0.15, 0.2) is 0 Å².